The van der Waals surface area contributed by atoms with E-state index in [1.54, 1.807) is 4.90 Å². The van der Waals surface area contributed by atoms with Gasteiger partial charge in [-0.3, -0.25) is 9.69 Å². The van der Waals surface area contributed by atoms with Crippen molar-refractivity contribution in [1.82, 2.24) is 9.80 Å². The molecule has 0 saturated carbocycles. The minimum Gasteiger partial charge on any atom is -0.444 e. The lowest BCUT2D eigenvalue weighted by molar-refractivity contribution is -0.139. The molecule has 0 aliphatic carbocycles. The van der Waals surface area contributed by atoms with Crippen LogP contribution in [0.25, 0.3) is 0 Å². The van der Waals surface area contributed by atoms with Crippen LogP contribution < -0.4 is 5.73 Å². The zero-order chi connectivity index (χ0) is 16.3. The maximum Gasteiger partial charge on any atom is 0.410 e. The lowest BCUT2D eigenvalue weighted by Gasteiger charge is -2.39. The van der Waals surface area contributed by atoms with Crippen molar-refractivity contribution in [2.45, 2.75) is 70.6 Å². The van der Waals surface area contributed by atoms with Crippen molar-refractivity contribution in [2.75, 3.05) is 19.6 Å². The molecule has 6 heteroatoms. The molecule has 2 aliphatic rings. The van der Waals surface area contributed by atoms with E-state index < -0.39 is 5.60 Å². The Bertz CT molecular complexity index is 411. The third-order valence-electron chi connectivity index (χ3n) is 4.27. The van der Waals surface area contributed by atoms with E-state index in [-0.39, 0.29) is 24.1 Å². The van der Waals surface area contributed by atoms with E-state index in [9.17, 15) is 9.59 Å². The second kappa shape index (κ2) is 6.86. The van der Waals surface area contributed by atoms with Gasteiger partial charge in [0.05, 0.1) is 0 Å². The molecule has 22 heavy (non-hydrogen) atoms. The van der Waals surface area contributed by atoms with Gasteiger partial charge in [0.15, 0.2) is 0 Å². The van der Waals surface area contributed by atoms with Crippen LogP contribution in [0, 0.1) is 0 Å². The van der Waals surface area contributed by atoms with E-state index in [2.05, 4.69) is 0 Å². The SMILES string of the molecule is CC(C)(C)OC(=O)N1CCCCC1C(=O)N1CCC(N)CC1. The summed E-state index contributed by atoms with van der Waals surface area (Å²) in [6.45, 7) is 7.52. The number of amides is 2. The smallest absolute Gasteiger partial charge is 0.410 e. The summed E-state index contributed by atoms with van der Waals surface area (Å²) in [6, 6.07) is -0.185. The summed E-state index contributed by atoms with van der Waals surface area (Å²) in [5, 5.41) is 0. The van der Waals surface area contributed by atoms with Crippen LogP contribution in [0.5, 0.6) is 0 Å². The summed E-state index contributed by atoms with van der Waals surface area (Å²) in [4.78, 5) is 28.6. The standard InChI is InChI=1S/C16H29N3O3/c1-16(2,3)22-15(21)19-9-5-4-6-13(19)14(20)18-10-7-12(17)8-11-18/h12-13H,4-11,17H2,1-3H3. The van der Waals surface area contributed by atoms with Gasteiger partial charge in [-0.05, 0) is 52.9 Å². The van der Waals surface area contributed by atoms with E-state index in [0.29, 0.717) is 19.6 Å². The van der Waals surface area contributed by atoms with Gasteiger partial charge < -0.3 is 15.4 Å². The molecule has 1 unspecified atom stereocenters. The van der Waals surface area contributed by atoms with Crippen molar-refractivity contribution < 1.29 is 14.3 Å². The Morgan fingerprint density at radius 3 is 2.27 bits per heavy atom. The molecule has 2 heterocycles. The molecule has 0 aromatic heterocycles. The van der Waals surface area contributed by atoms with Crippen molar-refractivity contribution in [2.24, 2.45) is 5.73 Å². The Hall–Kier alpha value is -1.30. The number of hydrogen-bond donors (Lipinski definition) is 1. The van der Waals surface area contributed by atoms with E-state index in [4.69, 9.17) is 10.5 Å². The lowest BCUT2D eigenvalue weighted by Crippen LogP contribution is -2.55. The minimum absolute atomic E-state index is 0.0532. The number of hydrogen-bond acceptors (Lipinski definition) is 4. The highest BCUT2D eigenvalue weighted by molar-refractivity contribution is 5.86. The van der Waals surface area contributed by atoms with Crippen LogP contribution in [-0.2, 0) is 9.53 Å². The Morgan fingerprint density at radius 1 is 1.05 bits per heavy atom. The molecule has 2 amide bonds. The lowest BCUT2D eigenvalue weighted by atomic mass is 9.99. The predicted molar refractivity (Wildman–Crippen MR) is 84.4 cm³/mol. The molecule has 0 bridgehead atoms. The molecule has 2 fully saturated rings. The molecule has 2 N–H and O–H groups in total. The normalized spacial score (nSPS) is 24.3. The second-order valence-electron chi connectivity index (χ2n) is 7.35. The van der Waals surface area contributed by atoms with Gasteiger partial charge in [-0.1, -0.05) is 0 Å². The van der Waals surface area contributed by atoms with E-state index in [0.717, 1.165) is 32.1 Å². The Labute approximate surface area is 132 Å². The molecule has 0 spiro atoms. The molecule has 126 valence electrons. The fourth-order valence-corrected chi connectivity index (χ4v) is 3.06. The molecule has 2 rings (SSSR count). The largest absolute Gasteiger partial charge is 0.444 e. The number of nitrogens with two attached hydrogens (primary N) is 1. The van der Waals surface area contributed by atoms with Crippen molar-refractivity contribution >= 4 is 12.0 Å². The van der Waals surface area contributed by atoms with Crippen molar-refractivity contribution in [3.8, 4) is 0 Å². The third kappa shape index (κ3) is 4.35. The molecule has 2 aliphatic heterocycles. The van der Waals surface area contributed by atoms with Gasteiger partial charge in [0.1, 0.15) is 11.6 Å². The van der Waals surface area contributed by atoms with Gasteiger partial charge in [0, 0.05) is 25.7 Å². The molecule has 6 nitrogen and oxygen atoms in total. The van der Waals surface area contributed by atoms with Crippen LogP contribution in [0.2, 0.25) is 0 Å². The number of carbonyl (C=O) groups excluding carboxylic acids is 2. The Balaban J connectivity index is 2.02. The zero-order valence-electron chi connectivity index (χ0n) is 14.0. The monoisotopic (exact) mass is 311 g/mol. The fraction of sp³-hybridized carbons (Fsp3) is 0.875. The van der Waals surface area contributed by atoms with Gasteiger partial charge in [-0.15, -0.1) is 0 Å². The fourth-order valence-electron chi connectivity index (χ4n) is 3.06. The van der Waals surface area contributed by atoms with E-state index in [1.807, 2.05) is 25.7 Å². The molecule has 0 aromatic carbocycles. The van der Waals surface area contributed by atoms with Crippen molar-refractivity contribution in [1.29, 1.82) is 0 Å². The molecular weight excluding hydrogens is 282 g/mol. The zero-order valence-corrected chi connectivity index (χ0v) is 14.0. The molecule has 2 saturated heterocycles. The van der Waals surface area contributed by atoms with Crippen LogP contribution in [-0.4, -0.2) is 59.1 Å². The summed E-state index contributed by atoms with van der Waals surface area (Å²) < 4.78 is 5.46. The average Bonchev–Trinajstić information content (AvgIpc) is 2.45. The molecule has 0 radical (unpaired) electrons. The van der Waals surface area contributed by atoms with Crippen LogP contribution in [0.15, 0.2) is 0 Å². The topological polar surface area (TPSA) is 75.9 Å². The Morgan fingerprint density at radius 2 is 1.68 bits per heavy atom. The quantitative estimate of drug-likeness (QED) is 0.800. The molecule has 0 aromatic rings. The van der Waals surface area contributed by atoms with Gasteiger partial charge in [-0.2, -0.15) is 0 Å². The maximum absolute atomic E-state index is 12.8. The molecular formula is C16H29N3O3. The number of likely N-dealkylation sites (tertiary alicyclic amines) is 2. The highest BCUT2D eigenvalue weighted by atomic mass is 16.6. The van der Waals surface area contributed by atoms with Gasteiger partial charge in [0.25, 0.3) is 0 Å². The minimum atomic E-state index is -0.542. The summed E-state index contributed by atoms with van der Waals surface area (Å²) in [5.74, 6) is 0.0532. The highest BCUT2D eigenvalue weighted by Gasteiger charge is 2.37. The van der Waals surface area contributed by atoms with E-state index >= 15 is 0 Å². The summed E-state index contributed by atoms with van der Waals surface area (Å²) >= 11 is 0. The van der Waals surface area contributed by atoms with Crippen LogP contribution in [0.4, 0.5) is 4.79 Å². The third-order valence-corrected chi connectivity index (χ3v) is 4.27. The van der Waals surface area contributed by atoms with Gasteiger partial charge in [0.2, 0.25) is 5.91 Å². The summed E-state index contributed by atoms with van der Waals surface area (Å²) in [6.07, 6.45) is 3.92. The first-order valence-electron chi connectivity index (χ1n) is 8.32. The van der Waals surface area contributed by atoms with Gasteiger partial charge >= 0.3 is 6.09 Å². The number of rotatable bonds is 1. The first kappa shape index (κ1) is 17.1. The van der Waals surface area contributed by atoms with Crippen molar-refractivity contribution in [3.63, 3.8) is 0 Å². The Kier molecular flexibility index (Phi) is 5.32. The summed E-state index contributed by atoms with van der Waals surface area (Å²) in [5.41, 5.74) is 5.36. The first-order chi connectivity index (χ1) is 10.3. The summed E-state index contributed by atoms with van der Waals surface area (Å²) in [7, 11) is 0. The van der Waals surface area contributed by atoms with Crippen LogP contribution in [0.3, 0.4) is 0 Å². The maximum atomic E-state index is 12.8. The van der Waals surface area contributed by atoms with Crippen LogP contribution in [0.1, 0.15) is 52.9 Å². The predicted octanol–water partition coefficient (Wildman–Crippen LogP) is 1.73. The second-order valence-corrected chi connectivity index (χ2v) is 7.35. The number of nitrogens with zero attached hydrogens (tertiary/aromatic N) is 2. The number of carbonyl (C=O) groups is 2. The van der Waals surface area contributed by atoms with Crippen molar-refractivity contribution in [3.05, 3.63) is 0 Å². The van der Waals surface area contributed by atoms with Gasteiger partial charge in [-0.25, -0.2) is 4.79 Å². The van der Waals surface area contributed by atoms with Crippen LogP contribution >= 0.6 is 0 Å². The molecule has 1 atom stereocenters. The number of ether oxygens (including phenoxy) is 1. The number of piperidine rings is 2. The van der Waals surface area contributed by atoms with E-state index in [1.165, 1.54) is 0 Å². The highest BCUT2D eigenvalue weighted by Crippen LogP contribution is 2.23. The average molecular weight is 311 g/mol. The first-order valence-corrected chi connectivity index (χ1v) is 8.32.